The lowest BCUT2D eigenvalue weighted by molar-refractivity contribution is 0.0515. The highest BCUT2D eigenvalue weighted by molar-refractivity contribution is 5.91. The number of alkyl carbamates (subject to hydrolysis) is 1. The van der Waals surface area contributed by atoms with Crippen molar-refractivity contribution in [2.24, 2.45) is 16.1 Å². The van der Waals surface area contributed by atoms with Crippen LogP contribution in [-0.4, -0.2) is 64.6 Å². The number of carbonyl (C=O) groups is 2. The van der Waals surface area contributed by atoms with Gasteiger partial charge in [0, 0.05) is 38.3 Å². The summed E-state index contributed by atoms with van der Waals surface area (Å²) in [4.78, 5) is 24.3. The molecule has 0 bridgehead atoms. The molecule has 0 saturated carbocycles. The second-order valence-corrected chi connectivity index (χ2v) is 8.72. The number of nitrogens with zero attached hydrogens (tertiary/aromatic N) is 5. The van der Waals surface area contributed by atoms with Crippen molar-refractivity contribution >= 4 is 12.0 Å². The summed E-state index contributed by atoms with van der Waals surface area (Å²) < 4.78 is 12.4. The lowest BCUT2D eigenvalue weighted by Crippen LogP contribution is -2.37. The predicted octanol–water partition coefficient (Wildman–Crippen LogP) is 1.69. The van der Waals surface area contributed by atoms with Crippen LogP contribution in [0.25, 0.3) is 0 Å². The van der Waals surface area contributed by atoms with Gasteiger partial charge in [-0.25, -0.2) is 9.48 Å². The summed E-state index contributed by atoms with van der Waals surface area (Å²) in [6.07, 6.45) is 8.28. The van der Waals surface area contributed by atoms with Crippen LogP contribution in [0.3, 0.4) is 0 Å². The maximum absolute atomic E-state index is 12.4. The molecule has 2 atom stereocenters. The molecule has 11 heteroatoms. The minimum Gasteiger partial charge on any atom is -0.444 e. The topological polar surface area (TPSA) is 132 Å². The van der Waals surface area contributed by atoms with Crippen molar-refractivity contribution in [3.8, 4) is 12.3 Å². The third-order valence-corrected chi connectivity index (χ3v) is 5.02. The van der Waals surface area contributed by atoms with E-state index in [2.05, 4.69) is 37.1 Å². The molecule has 0 aromatic carbocycles. The summed E-state index contributed by atoms with van der Waals surface area (Å²) in [5.41, 5.74) is -0.785. The monoisotopic (exact) mass is 431 g/mol. The molecular formula is C20H29N7O4. The summed E-state index contributed by atoms with van der Waals surface area (Å²) in [5, 5.41) is 21.7. The fourth-order valence-electron chi connectivity index (χ4n) is 3.28. The first kappa shape index (κ1) is 22.7. The zero-order valence-electron chi connectivity index (χ0n) is 18.1. The Balaban J connectivity index is 1.47. The van der Waals surface area contributed by atoms with E-state index >= 15 is 0 Å². The zero-order valence-corrected chi connectivity index (χ0v) is 18.1. The molecule has 0 radical (unpaired) electrons. The highest BCUT2D eigenvalue weighted by atomic mass is 16.6. The predicted molar refractivity (Wildman–Crippen MR) is 110 cm³/mol. The van der Waals surface area contributed by atoms with Gasteiger partial charge in [0.1, 0.15) is 5.60 Å². The van der Waals surface area contributed by atoms with Crippen LogP contribution in [0.4, 0.5) is 4.79 Å². The third kappa shape index (κ3) is 6.49. The number of hydrogen-bond donors (Lipinski definition) is 2. The maximum atomic E-state index is 12.4. The van der Waals surface area contributed by atoms with E-state index in [0.29, 0.717) is 45.6 Å². The molecule has 2 amide bonds. The average Bonchev–Trinajstić information content (AvgIpc) is 3.09. The number of aromatic nitrogens is 3. The third-order valence-electron chi connectivity index (χ3n) is 5.02. The summed E-state index contributed by atoms with van der Waals surface area (Å²) in [6, 6.07) is -0.139. The Kier molecular flexibility index (Phi) is 6.90. The van der Waals surface area contributed by atoms with Gasteiger partial charge in [-0.15, -0.1) is 17.4 Å². The number of rotatable bonds is 9. The van der Waals surface area contributed by atoms with Gasteiger partial charge >= 0.3 is 6.09 Å². The number of amides is 2. The van der Waals surface area contributed by atoms with E-state index in [-0.39, 0.29) is 23.6 Å². The number of terminal acetylenes is 1. The molecule has 0 aliphatic carbocycles. The van der Waals surface area contributed by atoms with Crippen molar-refractivity contribution in [1.82, 2.24) is 25.6 Å². The molecule has 2 N–H and O–H groups in total. The second-order valence-electron chi connectivity index (χ2n) is 8.72. The van der Waals surface area contributed by atoms with E-state index in [4.69, 9.17) is 15.9 Å². The van der Waals surface area contributed by atoms with E-state index in [1.165, 1.54) is 0 Å². The van der Waals surface area contributed by atoms with Gasteiger partial charge in [-0.1, -0.05) is 5.21 Å². The second kappa shape index (κ2) is 9.43. The van der Waals surface area contributed by atoms with Gasteiger partial charge in [0.15, 0.2) is 11.4 Å². The van der Waals surface area contributed by atoms with Gasteiger partial charge in [-0.3, -0.25) is 4.79 Å². The Morgan fingerprint density at radius 2 is 2.10 bits per heavy atom. The molecule has 2 aliphatic heterocycles. The fraction of sp³-hybridized carbons (Fsp3) is 0.700. The minimum absolute atomic E-state index is 0.0146. The normalized spacial score (nSPS) is 21.4. The van der Waals surface area contributed by atoms with Crippen LogP contribution in [0.2, 0.25) is 0 Å². The van der Waals surface area contributed by atoms with Crippen LogP contribution < -0.4 is 10.6 Å². The number of nitrogens with one attached hydrogen (secondary N) is 2. The molecule has 168 valence electrons. The molecule has 0 spiro atoms. The van der Waals surface area contributed by atoms with Crippen molar-refractivity contribution in [2.45, 2.75) is 57.3 Å². The van der Waals surface area contributed by atoms with Crippen LogP contribution in [0.1, 0.15) is 56.6 Å². The van der Waals surface area contributed by atoms with Crippen LogP contribution in [-0.2, 0) is 9.47 Å². The Hall–Kier alpha value is -3.00. The summed E-state index contributed by atoms with van der Waals surface area (Å²) in [7, 11) is 0. The summed E-state index contributed by atoms with van der Waals surface area (Å²) >= 11 is 0. The molecule has 3 rings (SSSR count). The van der Waals surface area contributed by atoms with Gasteiger partial charge in [-0.2, -0.15) is 10.2 Å². The minimum atomic E-state index is -0.563. The standard InChI is InChI=1S/C20H29N7O4/c1-5-6-7-20(24-25-20)8-9-21-17(28)15-11-27(26-23-15)16-13-30-12-14(16)10-22-18(29)31-19(2,3)4/h1,11,14,16H,6-10,12-13H2,2-4H3,(H,21,28)(H,22,29)/t14-,16-/m1/s1. The van der Waals surface area contributed by atoms with Gasteiger partial charge in [0.25, 0.3) is 5.91 Å². The van der Waals surface area contributed by atoms with Gasteiger partial charge in [0.05, 0.1) is 25.5 Å². The van der Waals surface area contributed by atoms with Crippen LogP contribution in [0.15, 0.2) is 16.4 Å². The molecule has 0 unspecified atom stereocenters. The Morgan fingerprint density at radius 3 is 2.77 bits per heavy atom. The first-order valence-electron chi connectivity index (χ1n) is 10.3. The van der Waals surface area contributed by atoms with Crippen molar-refractivity contribution in [3.05, 3.63) is 11.9 Å². The van der Waals surface area contributed by atoms with E-state index in [9.17, 15) is 9.59 Å². The molecule has 1 aromatic rings. The lowest BCUT2D eigenvalue weighted by atomic mass is 10.0. The zero-order chi connectivity index (χ0) is 22.5. The van der Waals surface area contributed by atoms with Gasteiger partial charge in [0.2, 0.25) is 0 Å². The molecule has 2 aliphatic rings. The average molecular weight is 431 g/mol. The summed E-state index contributed by atoms with van der Waals surface area (Å²) in [5.74, 6) is 2.25. The molecular weight excluding hydrogens is 402 g/mol. The maximum Gasteiger partial charge on any atom is 0.407 e. The number of ether oxygens (including phenoxy) is 2. The molecule has 11 nitrogen and oxygen atoms in total. The van der Waals surface area contributed by atoms with Gasteiger partial charge in [-0.05, 0) is 20.8 Å². The smallest absolute Gasteiger partial charge is 0.407 e. The van der Waals surface area contributed by atoms with Crippen LogP contribution in [0, 0.1) is 18.3 Å². The van der Waals surface area contributed by atoms with E-state index in [0.717, 1.165) is 0 Å². The van der Waals surface area contributed by atoms with E-state index in [1.54, 1.807) is 31.6 Å². The first-order chi connectivity index (χ1) is 14.7. The molecule has 31 heavy (non-hydrogen) atoms. The van der Waals surface area contributed by atoms with E-state index in [1.807, 2.05) is 0 Å². The quantitative estimate of drug-likeness (QED) is 0.572. The van der Waals surface area contributed by atoms with Crippen molar-refractivity contribution in [1.29, 1.82) is 0 Å². The lowest BCUT2D eigenvalue weighted by Gasteiger charge is -2.22. The van der Waals surface area contributed by atoms with Crippen molar-refractivity contribution < 1.29 is 19.1 Å². The SMILES string of the molecule is C#CCCC1(CCNC(=O)c2cn([C@@H]3COC[C@H]3CNC(=O)OC(C)(C)C)nn2)N=N1. The Labute approximate surface area is 181 Å². The highest BCUT2D eigenvalue weighted by Crippen LogP contribution is 2.36. The Bertz CT molecular complexity index is 862. The van der Waals surface area contributed by atoms with Crippen LogP contribution >= 0.6 is 0 Å². The van der Waals surface area contributed by atoms with Crippen molar-refractivity contribution in [2.75, 3.05) is 26.3 Å². The molecule has 1 fully saturated rings. The molecule has 1 aromatic heterocycles. The summed E-state index contributed by atoms with van der Waals surface area (Å²) in [6.45, 7) is 7.09. The number of carbonyl (C=O) groups excluding carboxylic acids is 2. The fourth-order valence-corrected chi connectivity index (χ4v) is 3.28. The van der Waals surface area contributed by atoms with Crippen molar-refractivity contribution in [3.63, 3.8) is 0 Å². The largest absolute Gasteiger partial charge is 0.444 e. The van der Waals surface area contributed by atoms with E-state index < -0.39 is 17.4 Å². The number of hydrogen-bond acceptors (Lipinski definition) is 8. The molecule has 3 heterocycles. The van der Waals surface area contributed by atoms with Gasteiger partial charge < -0.3 is 20.1 Å². The first-order valence-corrected chi connectivity index (χ1v) is 10.3. The highest BCUT2D eigenvalue weighted by Gasteiger charge is 2.38. The Morgan fingerprint density at radius 1 is 1.32 bits per heavy atom. The van der Waals surface area contributed by atoms with Crippen LogP contribution in [0.5, 0.6) is 0 Å². The molecule has 1 saturated heterocycles.